The van der Waals surface area contributed by atoms with Gasteiger partial charge in [0.05, 0.1) is 10.9 Å². The second-order valence-electron chi connectivity index (χ2n) is 6.25. The first-order valence-corrected chi connectivity index (χ1v) is 8.05. The summed E-state index contributed by atoms with van der Waals surface area (Å²) >= 11 is 6.01. The molecule has 2 aliphatic rings. The van der Waals surface area contributed by atoms with E-state index in [1.165, 1.54) is 0 Å². The average Bonchev–Trinajstić information content (AvgIpc) is 3.17. The SMILES string of the molecule is N=C(C1CC1(F)F)n1ccc(C(=O)C2C(=O)CCCC2=O)c(Cl)c1=N. The number of pyridine rings is 1. The number of Topliss-reactive ketones (excluding diaryl/α,β-unsaturated/α-hetero) is 3. The molecule has 0 bridgehead atoms. The molecule has 1 aromatic rings. The third-order valence-corrected chi connectivity index (χ3v) is 4.89. The van der Waals surface area contributed by atoms with Crippen LogP contribution < -0.4 is 5.49 Å². The number of nitrogens with one attached hydrogen (secondary N) is 2. The molecule has 0 aromatic carbocycles. The zero-order valence-electron chi connectivity index (χ0n) is 12.9. The Balaban J connectivity index is 1.94. The van der Waals surface area contributed by atoms with E-state index >= 15 is 0 Å². The number of carbonyl (C=O) groups is 3. The zero-order valence-corrected chi connectivity index (χ0v) is 13.7. The molecular weight excluding hydrogens is 356 g/mol. The van der Waals surface area contributed by atoms with Crippen molar-refractivity contribution in [1.82, 2.24) is 4.57 Å². The lowest BCUT2D eigenvalue weighted by molar-refractivity contribution is -0.133. The Kier molecular flexibility index (Phi) is 4.18. The fraction of sp³-hybridized carbons (Fsp3) is 0.438. The summed E-state index contributed by atoms with van der Waals surface area (Å²) in [5.74, 6) is -7.92. The van der Waals surface area contributed by atoms with Crippen molar-refractivity contribution >= 4 is 34.8 Å². The second-order valence-corrected chi connectivity index (χ2v) is 6.63. The molecule has 0 aliphatic heterocycles. The van der Waals surface area contributed by atoms with Gasteiger partial charge in [-0.05, 0) is 12.5 Å². The normalized spacial score (nSPS) is 22.8. The van der Waals surface area contributed by atoms with Gasteiger partial charge in [-0.2, -0.15) is 0 Å². The number of nitrogens with zero attached hydrogens (tertiary/aromatic N) is 1. The van der Waals surface area contributed by atoms with E-state index in [2.05, 4.69) is 0 Å². The van der Waals surface area contributed by atoms with Crippen LogP contribution in [0.2, 0.25) is 5.02 Å². The summed E-state index contributed by atoms with van der Waals surface area (Å²) in [6.07, 6.45) is 1.31. The molecule has 0 radical (unpaired) electrons. The number of hydrogen-bond acceptors (Lipinski definition) is 5. The number of alkyl halides is 2. The van der Waals surface area contributed by atoms with Crippen LogP contribution in [0.15, 0.2) is 12.3 Å². The van der Waals surface area contributed by atoms with Crippen LogP contribution in [0.3, 0.4) is 0 Å². The number of halogens is 3. The maximum Gasteiger partial charge on any atom is 0.259 e. The molecule has 2 N–H and O–H groups in total. The number of aromatic nitrogens is 1. The molecule has 0 spiro atoms. The molecule has 2 fully saturated rings. The van der Waals surface area contributed by atoms with Crippen molar-refractivity contribution in [2.24, 2.45) is 11.8 Å². The number of ketones is 3. The molecule has 0 saturated heterocycles. The van der Waals surface area contributed by atoms with Gasteiger partial charge in [0.2, 0.25) is 0 Å². The monoisotopic (exact) mass is 369 g/mol. The molecule has 1 unspecified atom stereocenters. The summed E-state index contributed by atoms with van der Waals surface area (Å²) < 4.78 is 27.1. The molecule has 6 nitrogen and oxygen atoms in total. The fourth-order valence-corrected chi connectivity index (χ4v) is 3.20. The van der Waals surface area contributed by atoms with Crippen LogP contribution in [-0.4, -0.2) is 33.7 Å². The average molecular weight is 370 g/mol. The summed E-state index contributed by atoms with van der Waals surface area (Å²) in [5.41, 5.74) is -0.692. The highest BCUT2D eigenvalue weighted by Crippen LogP contribution is 2.49. The highest BCUT2D eigenvalue weighted by atomic mass is 35.5. The van der Waals surface area contributed by atoms with E-state index in [0.717, 1.165) is 16.8 Å². The minimum atomic E-state index is -2.97. The summed E-state index contributed by atoms with van der Waals surface area (Å²) in [4.78, 5) is 36.3. The van der Waals surface area contributed by atoms with Gasteiger partial charge in [-0.1, -0.05) is 11.6 Å². The van der Waals surface area contributed by atoms with Crippen molar-refractivity contribution in [3.63, 3.8) is 0 Å². The van der Waals surface area contributed by atoms with Gasteiger partial charge in [-0.25, -0.2) is 8.78 Å². The molecule has 3 rings (SSSR count). The Morgan fingerprint density at radius 2 is 1.84 bits per heavy atom. The van der Waals surface area contributed by atoms with Gasteiger partial charge in [0.1, 0.15) is 17.2 Å². The minimum absolute atomic E-state index is 0.127. The predicted molar refractivity (Wildman–Crippen MR) is 83.2 cm³/mol. The van der Waals surface area contributed by atoms with Crippen LogP contribution in [0.4, 0.5) is 8.78 Å². The third kappa shape index (κ3) is 2.95. The van der Waals surface area contributed by atoms with E-state index in [4.69, 9.17) is 22.4 Å². The molecule has 9 heteroatoms. The molecule has 0 amide bonds. The van der Waals surface area contributed by atoms with Crippen molar-refractivity contribution < 1.29 is 23.2 Å². The lowest BCUT2D eigenvalue weighted by Crippen LogP contribution is -2.37. The van der Waals surface area contributed by atoms with Crippen molar-refractivity contribution in [2.75, 3.05) is 0 Å². The first-order chi connectivity index (χ1) is 11.6. The Morgan fingerprint density at radius 1 is 1.28 bits per heavy atom. The topological polar surface area (TPSA) is 104 Å². The molecule has 132 valence electrons. The van der Waals surface area contributed by atoms with Crippen molar-refractivity contribution in [1.29, 1.82) is 10.8 Å². The van der Waals surface area contributed by atoms with Gasteiger partial charge in [0.15, 0.2) is 17.3 Å². The molecule has 25 heavy (non-hydrogen) atoms. The first kappa shape index (κ1) is 17.6. The van der Waals surface area contributed by atoms with Crippen LogP contribution in [0.25, 0.3) is 0 Å². The number of carbonyl (C=O) groups excluding carboxylic acids is 3. The molecular formula is C16H14ClF2N3O3. The van der Waals surface area contributed by atoms with E-state index in [0.29, 0.717) is 6.42 Å². The van der Waals surface area contributed by atoms with Gasteiger partial charge in [0.25, 0.3) is 5.92 Å². The van der Waals surface area contributed by atoms with E-state index in [-0.39, 0.29) is 23.4 Å². The summed E-state index contributed by atoms with van der Waals surface area (Å²) in [6.45, 7) is 0. The van der Waals surface area contributed by atoms with Crippen molar-refractivity contribution in [3.8, 4) is 0 Å². The highest BCUT2D eigenvalue weighted by molar-refractivity contribution is 6.36. The Morgan fingerprint density at radius 3 is 2.36 bits per heavy atom. The Bertz CT molecular complexity index is 862. The molecule has 1 aromatic heterocycles. The predicted octanol–water partition coefficient (Wildman–Crippen LogP) is 2.22. The standard InChI is InChI=1S/C16H14ClF2N3O3/c17-12-7(13(25)11-9(23)2-1-3-10(11)24)4-5-22(15(12)21)14(20)8-6-16(8,18)19/h4-5,8,11,20-21H,1-3,6H2. The molecule has 2 aliphatic carbocycles. The highest BCUT2D eigenvalue weighted by Gasteiger charge is 2.60. The van der Waals surface area contributed by atoms with Crippen molar-refractivity contribution in [2.45, 2.75) is 31.6 Å². The summed E-state index contributed by atoms with van der Waals surface area (Å²) in [5, 5.41) is 15.4. The third-order valence-electron chi connectivity index (χ3n) is 4.51. The lowest BCUT2D eigenvalue weighted by atomic mass is 9.82. The summed E-state index contributed by atoms with van der Waals surface area (Å²) in [7, 11) is 0. The van der Waals surface area contributed by atoms with Gasteiger partial charge in [0, 0.05) is 31.0 Å². The maximum atomic E-state index is 13.1. The van der Waals surface area contributed by atoms with Crippen LogP contribution in [-0.2, 0) is 9.59 Å². The molecule has 1 heterocycles. The number of hydrogen-bond donors (Lipinski definition) is 2. The van der Waals surface area contributed by atoms with Crippen LogP contribution in [0, 0.1) is 22.7 Å². The van der Waals surface area contributed by atoms with Gasteiger partial charge >= 0.3 is 0 Å². The Labute approximate surface area is 145 Å². The fourth-order valence-electron chi connectivity index (χ4n) is 2.95. The smallest absolute Gasteiger partial charge is 0.259 e. The van der Waals surface area contributed by atoms with Crippen molar-refractivity contribution in [3.05, 3.63) is 28.3 Å². The summed E-state index contributed by atoms with van der Waals surface area (Å²) in [6, 6.07) is 1.16. The van der Waals surface area contributed by atoms with E-state index in [1.54, 1.807) is 0 Å². The number of rotatable bonds is 3. The largest absolute Gasteiger partial charge is 0.298 e. The Hall–Kier alpha value is -2.22. The second kappa shape index (κ2) is 5.94. The van der Waals surface area contributed by atoms with Gasteiger partial charge in [-0.3, -0.25) is 29.8 Å². The molecule has 1 atom stereocenters. The van der Waals surface area contributed by atoms with E-state index in [9.17, 15) is 23.2 Å². The maximum absolute atomic E-state index is 13.1. The lowest BCUT2D eigenvalue weighted by Gasteiger charge is -2.19. The first-order valence-electron chi connectivity index (χ1n) is 7.67. The molecule has 2 saturated carbocycles. The van der Waals surface area contributed by atoms with E-state index in [1.807, 2.05) is 0 Å². The van der Waals surface area contributed by atoms with E-state index < -0.39 is 52.9 Å². The minimum Gasteiger partial charge on any atom is -0.298 e. The van der Waals surface area contributed by atoms with Gasteiger partial charge in [-0.15, -0.1) is 0 Å². The quantitative estimate of drug-likeness (QED) is 0.369. The van der Waals surface area contributed by atoms with Crippen LogP contribution in [0.1, 0.15) is 36.0 Å². The zero-order chi connectivity index (χ0) is 18.5. The van der Waals surface area contributed by atoms with Crippen LogP contribution in [0.5, 0.6) is 0 Å². The van der Waals surface area contributed by atoms with Gasteiger partial charge < -0.3 is 0 Å². The van der Waals surface area contributed by atoms with Crippen LogP contribution >= 0.6 is 11.6 Å².